The van der Waals surface area contributed by atoms with Crippen LogP contribution in [0.5, 0.6) is 5.75 Å². The van der Waals surface area contributed by atoms with Gasteiger partial charge in [0.05, 0.1) is 11.0 Å². The zero-order chi connectivity index (χ0) is 17.6. The Morgan fingerprint density at radius 3 is 2.56 bits per heavy atom. The lowest BCUT2D eigenvalue weighted by atomic mass is 10.0. The van der Waals surface area contributed by atoms with Crippen LogP contribution in [0, 0.1) is 10.1 Å². The van der Waals surface area contributed by atoms with Crippen molar-refractivity contribution in [3.8, 4) is 5.75 Å². The minimum absolute atomic E-state index is 0.00604. The molecule has 0 aliphatic carbocycles. The summed E-state index contributed by atoms with van der Waals surface area (Å²) in [6.45, 7) is 2.15. The molecule has 0 radical (unpaired) electrons. The van der Waals surface area contributed by atoms with E-state index < -0.39 is 11.0 Å². The zero-order valence-electron chi connectivity index (χ0n) is 14.0. The van der Waals surface area contributed by atoms with Gasteiger partial charge in [-0.3, -0.25) is 10.1 Å². The fourth-order valence-electron chi connectivity index (χ4n) is 3.10. The number of hydrogen-bond acceptors (Lipinski definition) is 5. The largest absolute Gasteiger partial charge is 0.490 e. The van der Waals surface area contributed by atoms with Crippen molar-refractivity contribution in [1.29, 1.82) is 0 Å². The highest BCUT2D eigenvalue weighted by molar-refractivity contribution is 5.35. The number of β-amino-alcohol motifs (C(OH)–C–C–N with tert-alkyl or cyclic N) is 1. The molecule has 1 heterocycles. The predicted octanol–water partition coefficient (Wildman–Crippen LogP) is 3.17. The number of hydrogen-bond donors (Lipinski definition) is 1. The predicted molar refractivity (Wildman–Crippen MR) is 94.6 cm³/mol. The lowest BCUT2D eigenvalue weighted by molar-refractivity contribution is -0.385. The van der Waals surface area contributed by atoms with Crippen molar-refractivity contribution in [2.75, 3.05) is 19.6 Å². The molecule has 1 aliphatic rings. The maximum absolute atomic E-state index is 10.9. The molecule has 0 amide bonds. The Morgan fingerprint density at radius 2 is 1.88 bits per heavy atom. The number of aliphatic hydroxyl groups excluding tert-OH is 1. The molecule has 1 fully saturated rings. The summed E-state index contributed by atoms with van der Waals surface area (Å²) in [5.74, 6) is 0.887. The Morgan fingerprint density at radius 1 is 1.16 bits per heavy atom. The minimum atomic E-state index is -0.730. The molecule has 2 aromatic carbocycles. The van der Waals surface area contributed by atoms with E-state index in [9.17, 15) is 15.2 Å². The quantitative estimate of drug-likeness (QED) is 0.644. The molecule has 1 N–H and O–H groups in total. The molecular formula is C19H22N2O4. The zero-order valence-corrected chi connectivity index (χ0v) is 14.0. The topological polar surface area (TPSA) is 75.8 Å². The van der Waals surface area contributed by atoms with Gasteiger partial charge in [0.15, 0.2) is 0 Å². The summed E-state index contributed by atoms with van der Waals surface area (Å²) in [7, 11) is 0. The van der Waals surface area contributed by atoms with Gasteiger partial charge >= 0.3 is 0 Å². The van der Waals surface area contributed by atoms with Crippen LogP contribution in [0.15, 0.2) is 54.6 Å². The van der Waals surface area contributed by atoms with Gasteiger partial charge in [0.1, 0.15) is 11.9 Å². The van der Waals surface area contributed by atoms with Crippen LogP contribution < -0.4 is 4.74 Å². The van der Waals surface area contributed by atoms with E-state index in [4.69, 9.17) is 4.74 Å². The SMILES string of the molecule is O=[N+]([O-])c1cccc(C(O)CN2CCC(Oc3ccccc3)CC2)c1. The lowest BCUT2D eigenvalue weighted by Crippen LogP contribution is -2.40. The Balaban J connectivity index is 1.50. The van der Waals surface area contributed by atoms with E-state index in [1.165, 1.54) is 12.1 Å². The van der Waals surface area contributed by atoms with Crippen molar-refractivity contribution >= 4 is 5.69 Å². The van der Waals surface area contributed by atoms with Crippen molar-refractivity contribution < 1.29 is 14.8 Å². The molecule has 0 saturated carbocycles. The van der Waals surface area contributed by atoms with Crippen LogP contribution in [-0.4, -0.2) is 40.7 Å². The molecule has 0 spiro atoms. The van der Waals surface area contributed by atoms with Crippen molar-refractivity contribution in [1.82, 2.24) is 4.90 Å². The van der Waals surface area contributed by atoms with Crippen LogP contribution in [0.4, 0.5) is 5.69 Å². The van der Waals surface area contributed by atoms with Gasteiger partial charge in [0, 0.05) is 31.8 Å². The maximum Gasteiger partial charge on any atom is 0.269 e. The van der Waals surface area contributed by atoms with Gasteiger partial charge in [-0.2, -0.15) is 0 Å². The molecule has 3 rings (SSSR count). The molecule has 1 atom stereocenters. The van der Waals surface area contributed by atoms with E-state index in [1.807, 2.05) is 30.3 Å². The molecule has 6 nitrogen and oxygen atoms in total. The Labute approximate surface area is 146 Å². The number of nitro groups is 1. The van der Waals surface area contributed by atoms with Crippen molar-refractivity contribution in [3.63, 3.8) is 0 Å². The van der Waals surface area contributed by atoms with Crippen LogP contribution in [0.2, 0.25) is 0 Å². The van der Waals surface area contributed by atoms with Crippen molar-refractivity contribution in [3.05, 3.63) is 70.3 Å². The molecule has 1 unspecified atom stereocenters. The second-order valence-corrected chi connectivity index (χ2v) is 6.30. The van der Waals surface area contributed by atoms with E-state index in [1.54, 1.807) is 12.1 Å². The second-order valence-electron chi connectivity index (χ2n) is 6.30. The summed E-state index contributed by atoms with van der Waals surface area (Å²) < 4.78 is 5.97. The van der Waals surface area contributed by atoms with E-state index in [2.05, 4.69) is 4.90 Å². The van der Waals surface area contributed by atoms with Crippen molar-refractivity contribution in [2.45, 2.75) is 25.0 Å². The number of nitrogens with zero attached hydrogens (tertiary/aromatic N) is 2. The smallest absolute Gasteiger partial charge is 0.269 e. The second kappa shape index (κ2) is 8.09. The van der Waals surface area contributed by atoms with Crippen molar-refractivity contribution in [2.24, 2.45) is 0 Å². The fraction of sp³-hybridized carbons (Fsp3) is 0.368. The summed E-state index contributed by atoms with van der Waals surface area (Å²) in [6, 6.07) is 16.0. The maximum atomic E-state index is 10.9. The molecule has 2 aromatic rings. The number of nitro benzene ring substituents is 1. The normalized spacial score (nSPS) is 17.2. The first-order valence-electron chi connectivity index (χ1n) is 8.48. The van der Waals surface area contributed by atoms with Gasteiger partial charge < -0.3 is 14.7 Å². The van der Waals surface area contributed by atoms with Gasteiger partial charge in [-0.15, -0.1) is 0 Å². The third-order valence-electron chi connectivity index (χ3n) is 4.48. The average Bonchev–Trinajstić information content (AvgIpc) is 2.64. The van der Waals surface area contributed by atoms with Gasteiger partial charge in [-0.05, 0) is 30.5 Å². The molecule has 25 heavy (non-hydrogen) atoms. The van der Waals surface area contributed by atoms with Crippen LogP contribution >= 0.6 is 0 Å². The summed E-state index contributed by atoms with van der Waals surface area (Å²) in [5.41, 5.74) is 0.586. The van der Waals surface area contributed by atoms with E-state index >= 15 is 0 Å². The number of piperidine rings is 1. The average molecular weight is 342 g/mol. The molecule has 1 aliphatic heterocycles. The molecular weight excluding hydrogens is 320 g/mol. The number of rotatable bonds is 6. The molecule has 1 saturated heterocycles. The number of para-hydroxylation sites is 1. The minimum Gasteiger partial charge on any atom is -0.490 e. The number of aliphatic hydroxyl groups is 1. The lowest BCUT2D eigenvalue weighted by Gasteiger charge is -2.33. The first-order chi connectivity index (χ1) is 12.1. The standard InChI is InChI=1S/C19H22N2O4/c22-19(15-5-4-6-16(13-15)21(23)24)14-20-11-9-18(10-12-20)25-17-7-2-1-3-8-17/h1-8,13,18-19,22H,9-12,14H2. The van der Waals surface area contributed by atoms with Gasteiger partial charge in [0.2, 0.25) is 0 Å². The molecule has 132 valence electrons. The molecule has 6 heteroatoms. The van der Waals surface area contributed by atoms with E-state index in [0.717, 1.165) is 31.7 Å². The highest BCUT2D eigenvalue weighted by atomic mass is 16.6. The Hall–Kier alpha value is -2.44. The fourth-order valence-corrected chi connectivity index (χ4v) is 3.10. The summed E-state index contributed by atoms with van der Waals surface area (Å²) in [6.07, 6.45) is 1.26. The van der Waals surface area contributed by atoms with E-state index in [-0.39, 0.29) is 11.8 Å². The highest BCUT2D eigenvalue weighted by Gasteiger charge is 2.23. The third kappa shape index (κ3) is 4.78. The first kappa shape index (κ1) is 17.4. The number of benzene rings is 2. The number of ether oxygens (including phenoxy) is 1. The number of likely N-dealkylation sites (tertiary alicyclic amines) is 1. The monoisotopic (exact) mass is 342 g/mol. The number of non-ortho nitro benzene ring substituents is 1. The van der Waals surface area contributed by atoms with Gasteiger partial charge in [-0.1, -0.05) is 30.3 Å². The van der Waals surface area contributed by atoms with E-state index in [0.29, 0.717) is 12.1 Å². The van der Waals surface area contributed by atoms with Crippen LogP contribution in [0.25, 0.3) is 0 Å². The molecule has 0 aromatic heterocycles. The summed E-state index contributed by atoms with van der Waals surface area (Å²) >= 11 is 0. The highest BCUT2D eigenvalue weighted by Crippen LogP contribution is 2.23. The Bertz CT molecular complexity index is 700. The Kier molecular flexibility index (Phi) is 5.63. The third-order valence-corrected chi connectivity index (χ3v) is 4.48. The molecule has 0 bridgehead atoms. The van der Waals surface area contributed by atoms with Crippen LogP contribution in [0.1, 0.15) is 24.5 Å². The van der Waals surface area contributed by atoms with Crippen LogP contribution in [-0.2, 0) is 0 Å². The summed E-state index contributed by atoms with van der Waals surface area (Å²) in [4.78, 5) is 12.6. The first-order valence-corrected chi connectivity index (χ1v) is 8.48. The van der Waals surface area contributed by atoms with Gasteiger partial charge in [-0.25, -0.2) is 0 Å². The van der Waals surface area contributed by atoms with Crippen LogP contribution in [0.3, 0.4) is 0 Å². The van der Waals surface area contributed by atoms with Gasteiger partial charge in [0.25, 0.3) is 5.69 Å². The summed E-state index contributed by atoms with van der Waals surface area (Å²) in [5, 5.41) is 21.2.